The molecular formula is C13H16N4O2S. The molecule has 0 amide bonds. The van der Waals surface area contributed by atoms with Crippen LogP contribution in [0.3, 0.4) is 0 Å². The minimum absolute atomic E-state index is 0.183. The molecule has 0 spiro atoms. The Hall–Kier alpha value is -2.02. The summed E-state index contributed by atoms with van der Waals surface area (Å²) in [4.78, 5) is 11.2. The molecule has 106 valence electrons. The standard InChI is InChI=1S/C13H16N4O2S/c1-9-3-5-10(6-4-9)7-17-12(14)15-16-13(17)20-8-11(18)19-2/h3-6H,7-8H2,1-2H3,(H2,14,15). The zero-order valence-electron chi connectivity index (χ0n) is 11.4. The number of nitrogens with two attached hydrogens (primary N) is 1. The average molecular weight is 292 g/mol. The number of hydrogen-bond acceptors (Lipinski definition) is 6. The Bertz CT molecular complexity index is 595. The fourth-order valence-corrected chi connectivity index (χ4v) is 2.39. The van der Waals surface area contributed by atoms with Crippen LogP contribution in [0.5, 0.6) is 0 Å². The zero-order valence-corrected chi connectivity index (χ0v) is 12.2. The number of thioether (sulfide) groups is 1. The Labute approximate surface area is 121 Å². The van der Waals surface area contributed by atoms with Crippen molar-refractivity contribution in [1.29, 1.82) is 0 Å². The SMILES string of the molecule is COC(=O)CSc1nnc(N)n1Cc1ccc(C)cc1. The van der Waals surface area contributed by atoms with Crippen LogP contribution < -0.4 is 5.73 Å². The number of anilines is 1. The molecule has 0 saturated carbocycles. The van der Waals surface area contributed by atoms with Crippen LogP contribution in [-0.2, 0) is 16.1 Å². The van der Waals surface area contributed by atoms with Gasteiger partial charge in [-0.25, -0.2) is 0 Å². The van der Waals surface area contributed by atoms with Crippen molar-refractivity contribution in [2.45, 2.75) is 18.6 Å². The summed E-state index contributed by atoms with van der Waals surface area (Å²) in [6, 6.07) is 8.14. The Morgan fingerprint density at radius 1 is 1.35 bits per heavy atom. The van der Waals surface area contributed by atoms with Crippen molar-refractivity contribution in [3.05, 3.63) is 35.4 Å². The third-order valence-corrected chi connectivity index (χ3v) is 3.69. The molecule has 2 rings (SSSR count). The average Bonchev–Trinajstić information content (AvgIpc) is 2.79. The lowest BCUT2D eigenvalue weighted by Gasteiger charge is -2.08. The molecule has 0 unspecified atom stereocenters. The molecule has 1 heterocycles. The first kappa shape index (κ1) is 14.4. The number of nitrogens with zero attached hydrogens (tertiary/aromatic N) is 3. The van der Waals surface area contributed by atoms with Crippen molar-refractivity contribution in [1.82, 2.24) is 14.8 Å². The summed E-state index contributed by atoms with van der Waals surface area (Å²) in [6.45, 7) is 2.61. The van der Waals surface area contributed by atoms with E-state index in [-0.39, 0.29) is 11.7 Å². The molecule has 0 aliphatic carbocycles. The van der Waals surface area contributed by atoms with Gasteiger partial charge in [-0.1, -0.05) is 41.6 Å². The van der Waals surface area contributed by atoms with Gasteiger partial charge in [-0.2, -0.15) is 0 Å². The number of carbonyl (C=O) groups is 1. The molecule has 0 radical (unpaired) electrons. The minimum Gasteiger partial charge on any atom is -0.468 e. The van der Waals surface area contributed by atoms with E-state index in [9.17, 15) is 4.79 Å². The van der Waals surface area contributed by atoms with Gasteiger partial charge < -0.3 is 10.5 Å². The highest BCUT2D eigenvalue weighted by Gasteiger charge is 2.12. The molecule has 0 bridgehead atoms. The smallest absolute Gasteiger partial charge is 0.316 e. The van der Waals surface area contributed by atoms with Gasteiger partial charge in [-0.3, -0.25) is 9.36 Å². The van der Waals surface area contributed by atoms with E-state index >= 15 is 0 Å². The number of aromatic nitrogens is 3. The second-order valence-electron chi connectivity index (χ2n) is 4.28. The molecule has 6 nitrogen and oxygen atoms in total. The molecule has 0 fully saturated rings. The summed E-state index contributed by atoms with van der Waals surface area (Å²) in [5.74, 6) is 0.208. The summed E-state index contributed by atoms with van der Waals surface area (Å²) in [7, 11) is 1.36. The maximum Gasteiger partial charge on any atom is 0.316 e. The van der Waals surface area contributed by atoms with Crippen LogP contribution in [0, 0.1) is 6.92 Å². The van der Waals surface area contributed by atoms with Gasteiger partial charge in [-0.15, -0.1) is 10.2 Å². The maximum atomic E-state index is 11.2. The fourth-order valence-electron chi connectivity index (χ4n) is 1.61. The Morgan fingerprint density at radius 3 is 2.70 bits per heavy atom. The van der Waals surface area contributed by atoms with E-state index in [4.69, 9.17) is 5.73 Å². The van der Waals surface area contributed by atoms with Crippen molar-refractivity contribution in [2.75, 3.05) is 18.6 Å². The Kier molecular flexibility index (Phi) is 4.62. The van der Waals surface area contributed by atoms with Gasteiger partial charge in [0, 0.05) is 0 Å². The fraction of sp³-hybridized carbons (Fsp3) is 0.308. The predicted octanol–water partition coefficient (Wildman–Crippen LogP) is 1.48. The van der Waals surface area contributed by atoms with Crippen LogP contribution in [0.25, 0.3) is 0 Å². The highest BCUT2D eigenvalue weighted by molar-refractivity contribution is 7.99. The maximum absolute atomic E-state index is 11.2. The lowest BCUT2D eigenvalue weighted by molar-refractivity contribution is -0.137. The van der Waals surface area contributed by atoms with Gasteiger partial charge in [0.2, 0.25) is 5.95 Å². The number of rotatable bonds is 5. The van der Waals surface area contributed by atoms with E-state index in [1.54, 1.807) is 4.57 Å². The summed E-state index contributed by atoms with van der Waals surface area (Å²) >= 11 is 1.26. The first-order chi connectivity index (χ1) is 9.60. The summed E-state index contributed by atoms with van der Waals surface area (Å²) < 4.78 is 6.38. The second-order valence-corrected chi connectivity index (χ2v) is 5.22. The number of nitrogen functional groups attached to an aromatic ring is 1. The molecule has 0 aliphatic heterocycles. The molecule has 2 N–H and O–H groups in total. The number of benzene rings is 1. The molecule has 7 heteroatoms. The number of ether oxygens (including phenoxy) is 1. The van der Waals surface area contributed by atoms with Crippen molar-refractivity contribution >= 4 is 23.7 Å². The van der Waals surface area contributed by atoms with E-state index < -0.39 is 0 Å². The van der Waals surface area contributed by atoms with E-state index in [0.717, 1.165) is 5.56 Å². The van der Waals surface area contributed by atoms with Gasteiger partial charge in [0.1, 0.15) is 0 Å². The van der Waals surface area contributed by atoms with E-state index in [1.807, 2.05) is 31.2 Å². The first-order valence-electron chi connectivity index (χ1n) is 6.04. The van der Waals surface area contributed by atoms with Crippen molar-refractivity contribution in [3.63, 3.8) is 0 Å². The topological polar surface area (TPSA) is 83.0 Å². The van der Waals surface area contributed by atoms with Crippen LogP contribution in [0.15, 0.2) is 29.4 Å². The molecule has 0 aliphatic rings. The normalized spacial score (nSPS) is 10.5. The Morgan fingerprint density at radius 2 is 2.05 bits per heavy atom. The third kappa shape index (κ3) is 3.51. The molecule has 1 aromatic carbocycles. The van der Waals surface area contributed by atoms with Gasteiger partial charge in [0.15, 0.2) is 5.16 Å². The number of aryl methyl sites for hydroxylation is 1. The number of methoxy groups -OCH3 is 1. The number of esters is 1. The minimum atomic E-state index is -0.307. The molecule has 2 aromatic rings. The quantitative estimate of drug-likeness (QED) is 0.664. The number of hydrogen-bond donors (Lipinski definition) is 1. The van der Waals surface area contributed by atoms with Crippen molar-refractivity contribution in [3.8, 4) is 0 Å². The largest absolute Gasteiger partial charge is 0.468 e. The van der Waals surface area contributed by atoms with Gasteiger partial charge in [0.25, 0.3) is 0 Å². The van der Waals surface area contributed by atoms with Gasteiger partial charge in [0.05, 0.1) is 19.4 Å². The molecule has 20 heavy (non-hydrogen) atoms. The van der Waals surface area contributed by atoms with Gasteiger partial charge >= 0.3 is 5.97 Å². The molecule has 1 aromatic heterocycles. The third-order valence-electron chi connectivity index (χ3n) is 2.75. The van der Waals surface area contributed by atoms with Gasteiger partial charge in [-0.05, 0) is 12.5 Å². The summed E-state index contributed by atoms with van der Waals surface area (Å²) in [5.41, 5.74) is 8.12. The molecular weight excluding hydrogens is 276 g/mol. The lowest BCUT2D eigenvalue weighted by atomic mass is 10.1. The summed E-state index contributed by atoms with van der Waals surface area (Å²) in [5, 5.41) is 8.44. The summed E-state index contributed by atoms with van der Waals surface area (Å²) in [6.07, 6.45) is 0. The van der Waals surface area contributed by atoms with E-state index in [0.29, 0.717) is 17.6 Å². The Balaban J connectivity index is 2.12. The van der Waals surface area contributed by atoms with Crippen LogP contribution in [-0.4, -0.2) is 33.6 Å². The van der Waals surface area contributed by atoms with E-state index in [1.165, 1.54) is 24.4 Å². The number of carbonyl (C=O) groups excluding carboxylic acids is 1. The van der Waals surface area contributed by atoms with Crippen LogP contribution >= 0.6 is 11.8 Å². The zero-order chi connectivity index (χ0) is 14.5. The molecule has 0 atom stereocenters. The highest BCUT2D eigenvalue weighted by Crippen LogP contribution is 2.20. The predicted molar refractivity (Wildman–Crippen MR) is 77.5 cm³/mol. The van der Waals surface area contributed by atoms with Crippen molar-refractivity contribution in [2.24, 2.45) is 0 Å². The van der Waals surface area contributed by atoms with Crippen LogP contribution in [0.1, 0.15) is 11.1 Å². The van der Waals surface area contributed by atoms with Crippen molar-refractivity contribution < 1.29 is 9.53 Å². The first-order valence-corrected chi connectivity index (χ1v) is 7.02. The monoisotopic (exact) mass is 292 g/mol. The molecule has 0 saturated heterocycles. The van der Waals surface area contributed by atoms with Crippen LogP contribution in [0.2, 0.25) is 0 Å². The second kappa shape index (κ2) is 6.42. The lowest BCUT2D eigenvalue weighted by Crippen LogP contribution is -2.08. The van der Waals surface area contributed by atoms with Crippen LogP contribution in [0.4, 0.5) is 5.95 Å². The highest BCUT2D eigenvalue weighted by atomic mass is 32.2. The van der Waals surface area contributed by atoms with E-state index in [2.05, 4.69) is 14.9 Å².